The topological polar surface area (TPSA) is 29.4 Å². The van der Waals surface area contributed by atoms with E-state index in [4.69, 9.17) is 11.6 Å². The second kappa shape index (κ2) is 3.55. The highest BCUT2D eigenvalue weighted by Gasteiger charge is 2.19. The van der Waals surface area contributed by atoms with E-state index in [-0.39, 0.29) is 0 Å². The van der Waals surface area contributed by atoms with Crippen LogP contribution in [0.5, 0.6) is 0 Å². The van der Waals surface area contributed by atoms with Crippen molar-refractivity contribution in [1.82, 2.24) is 0 Å². The van der Waals surface area contributed by atoms with Crippen LogP contribution in [0, 0.1) is 6.92 Å². The molecule has 0 bridgehead atoms. The molecule has 1 aromatic rings. The molecule has 0 aromatic heterocycles. The average molecular weight is 230 g/mol. The van der Waals surface area contributed by atoms with Crippen LogP contribution in [-0.4, -0.2) is 15.7 Å². The Kier molecular flexibility index (Phi) is 2.54. The normalized spacial score (nSPS) is 18.7. The summed E-state index contributed by atoms with van der Waals surface area (Å²) in [6.07, 6.45) is 1.03. The number of aryl methyl sites for hydroxylation is 1. The molecule has 0 N–H and O–H groups in total. The molecule has 76 valence electrons. The van der Waals surface area contributed by atoms with Gasteiger partial charge >= 0.3 is 0 Å². The Hall–Kier alpha value is -0.540. The molecule has 0 spiro atoms. The van der Waals surface area contributed by atoms with Crippen LogP contribution in [0.3, 0.4) is 0 Å². The van der Waals surface area contributed by atoms with Crippen molar-refractivity contribution in [3.8, 4) is 0 Å². The number of halogens is 1. The molecule has 4 heteroatoms. The molecule has 2 nitrogen and oxygen atoms in total. The van der Waals surface area contributed by atoms with Crippen LogP contribution in [0.1, 0.15) is 12.0 Å². The third kappa shape index (κ3) is 1.93. The van der Waals surface area contributed by atoms with Crippen LogP contribution in [-0.2, 0) is 9.73 Å². The molecule has 0 aliphatic carbocycles. The largest absolute Gasteiger partial charge is 0.249 e. The minimum atomic E-state index is -1.91. The van der Waals surface area contributed by atoms with Gasteiger partial charge in [-0.2, -0.15) is 4.36 Å². The maximum absolute atomic E-state index is 11.8. The zero-order chi connectivity index (χ0) is 10.2. The predicted molar refractivity (Wildman–Crippen MR) is 60.8 cm³/mol. The maximum Gasteiger partial charge on any atom is 0.0745 e. The van der Waals surface area contributed by atoms with Gasteiger partial charge in [-0.05, 0) is 31.0 Å². The SMILES string of the molecule is Cc1ccc(N=S2(=O)CCC2)cc1Cl. The smallest absolute Gasteiger partial charge is 0.0745 e. The molecular weight excluding hydrogens is 218 g/mol. The fourth-order valence-electron chi connectivity index (χ4n) is 1.31. The first-order chi connectivity index (χ1) is 6.59. The van der Waals surface area contributed by atoms with E-state index < -0.39 is 9.73 Å². The molecule has 1 saturated heterocycles. The van der Waals surface area contributed by atoms with Crippen LogP contribution in [0.15, 0.2) is 22.6 Å². The van der Waals surface area contributed by atoms with Gasteiger partial charge in [-0.3, -0.25) is 0 Å². The van der Waals surface area contributed by atoms with Gasteiger partial charge in [-0.15, -0.1) is 0 Å². The van der Waals surface area contributed by atoms with E-state index in [9.17, 15) is 4.21 Å². The van der Waals surface area contributed by atoms with Crippen molar-refractivity contribution < 1.29 is 4.21 Å². The van der Waals surface area contributed by atoms with Crippen molar-refractivity contribution in [3.63, 3.8) is 0 Å². The minimum absolute atomic E-state index is 0.688. The van der Waals surface area contributed by atoms with Gasteiger partial charge in [-0.1, -0.05) is 17.7 Å². The summed E-state index contributed by atoms with van der Waals surface area (Å²) in [7, 11) is -1.91. The fraction of sp³-hybridized carbons (Fsp3) is 0.400. The molecule has 1 aliphatic heterocycles. The molecule has 1 aromatic carbocycles. The highest BCUT2D eigenvalue weighted by atomic mass is 35.5. The molecule has 1 fully saturated rings. The van der Waals surface area contributed by atoms with E-state index in [1.54, 1.807) is 6.07 Å². The highest BCUT2D eigenvalue weighted by molar-refractivity contribution is 7.95. The summed E-state index contributed by atoms with van der Waals surface area (Å²) in [5, 5.41) is 0.688. The van der Waals surface area contributed by atoms with Crippen LogP contribution in [0.2, 0.25) is 5.02 Å². The van der Waals surface area contributed by atoms with Crippen molar-refractivity contribution in [3.05, 3.63) is 28.8 Å². The Balaban J connectivity index is 2.39. The first-order valence-electron chi connectivity index (χ1n) is 4.58. The van der Waals surface area contributed by atoms with Crippen LogP contribution in [0.25, 0.3) is 0 Å². The Morgan fingerprint density at radius 3 is 2.64 bits per heavy atom. The summed E-state index contributed by atoms with van der Waals surface area (Å²) in [5.41, 5.74) is 1.76. The van der Waals surface area contributed by atoms with Gasteiger partial charge in [0.2, 0.25) is 0 Å². The molecule has 2 rings (SSSR count). The van der Waals surface area contributed by atoms with E-state index in [1.807, 2.05) is 19.1 Å². The standard InChI is InChI=1S/C10H12ClNOS/c1-8-3-4-9(7-10(8)11)12-14(13)5-2-6-14/h3-4,7H,2,5-6H2,1H3. The summed E-state index contributed by atoms with van der Waals surface area (Å²) in [6.45, 7) is 1.94. The fourth-order valence-corrected chi connectivity index (χ4v) is 2.95. The summed E-state index contributed by atoms with van der Waals surface area (Å²) in [6, 6.07) is 5.55. The first-order valence-corrected chi connectivity index (χ1v) is 6.81. The first kappa shape index (κ1) is 9.99. The van der Waals surface area contributed by atoms with E-state index >= 15 is 0 Å². The van der Waals surface area contributed by atoms with E-state index in [2.05, 4.69) is 4.36 Å². The Morgan fingerprint density at radius 1 is 1.43 bits per heavy atom. The molecule has 0 radical (unpaired) electrons. The molecule has 0 unspecified atom stereocenters. The molecule has 0 atom stereocenters. The van der Waals surface area contributed by atoms with E-state index in [1.165, 1.54) is 0 Å². The van der Waals surface area contributed by atoms with Gasteiger partial charge in [0, 0.05) is 16.5 Å². The zero-order valence-electron chi connectivity index (χ0n) is 8.00. The average Bonchev–Trinajstić information content (AvgIpc) is 2.09. The lowest BCUT2D eigenvalue weighted by Gasteiger charge is -2.17. The Labute approximate surface area is 89.5 Å². The van der Waals surface area contributed by atoms with Gasteiger partial charge in [0.05, 0.1) is 15.4 Å². The van der Waals surface area contributed by atoms with E-state index in [0.717, 1.165) is 29.2 Å². The summed E-state index contributed by atoms with van der Waals surface area (Å²) in [5.74, 6) is 1.47. The molecular formula is C10H12ClNOS. The van der Waals surface area contributed by atoms with E-state index in [0.29, 0.717) is 5.02 Å². The number of benzene rings is 1. The van der Waals surface area contributed by atoms with Gasteiger partial charge in [-0.25, -0.2) is 4.21 Å². The molecule has 0 amide bonds. The third-order valence-electron chi connectivity index (χ3n) is 2.35. The Bertz CT molecular complexity index is 465. The lowest BCUT2D eigenvalue weighted by atomic mass is 10.2. The summed E-state index contributed by atoms with van der Waals surface area (Å²) in [4.78, 5) is 0. The highest BCUT2D eigenvalue weighted by Crippen LogP contribution is 2.25. The van der Waals surface area contributed by atoms with Crippen molar-refractivity contribution >= 4 is 27.0 Å². The second-order valence-corrected chi connectivity index (χ2v) is 6.51. The van der Waals surface area contributed by atoms with Crippen molar-refractivity contribution in [1.29, 1.82) is 0 Å². The molecule has 0 saturated carbocycles. The minimum Gasteiger partial charge on any atom is -0.249 e. The number of nitrogens with zero attached hydrogens (tertiary/aromatic N) is 1. The monoisotopic (exact) mass is 229 g/mol. The third-order valence-corrected chi connectivity index (χ3v) is 5.16. The second-order valence-electron chi connectivity index (χ2n) is 3.56. The quantitative estimate of drug-likeness (QED) is 0.728. The lowest BCUT2D eigenvalue weighted by molar-refractivity contribution is 0.663. The van der Waals surface area contributed by atoms with Gasteiger partial charge in [0.25, 0.3) is 0 Å². The summed E-state index contributed by atoms with van der Waals surface area (Å²) < 4.78 is 16.0. The number of hydrogen-bond acceptors (Lipinski definition) is 2. The van der Waals surface area contributed by atoms with Crippen molar-refractivity contribution in [2.75, 3.05) is 11.5 Å². The summed E-state index contributed by atoms with van der Waals surface area (Å²) >= 11 is 5.95. The Morgan fingerprint density at radius 2 is 2.14 bits per heavy atom. The van der Waals surface area contributed by atoms with Gasteiger partial charge < -0.3 is 0 Å². The zero-order valence-corrected chi connectivity index (χ0v) is 9.57. The van der Waals surface area contributed by atoms with Crippen LogP contribution in [0.4, 0.5) is 5.69 Å². The lowest BCUT2D eigenvalue weighted by Crippen LogP contribution is -2.22. The maximum atomic E-state index is 11.8. The molecule has 1 aliphatic rings. The number of rotatable bonds is 1. The number of hydrogen-bond donors (Lipinski definition) is 0. The van der Waals surface area contributed by atoms with Gasteiger partial charge in [0.1, 0.15) is 0 Å². The van der Waals surface area contributed by atoms with Crippen molar-refractivity contribution in [2.45, 2.75) is 13.3 Å². The van der Waals surface area contributed by atoms with Crippen LogP contribution >= 0.6 is 11.6 Å². The molecule has 1 heterocycles. The van der Waals surface area contributed by atoms with Crippen LogP contribution < -0.4 is 0 Å². The molecule has 14 heavy (non-hydrogen) atoms. The van der Waals surface area contributed by atoms with Gasteiger partial charge in [0.15, 0.2) is 0 Å². The van der Waals surface area contributed by atoms with Crippen molar-refractivity contribution in [2.24, 2.45) is 4.36 Å². The predicted octanol–water partition coefficient (Wildman–Crippen LogP) is 3.15.